The lowest BCUT2D eigenvalue weighted by molar-refractivity contribution is 0.271. The van der Waals surface area contributed by atoms with E-state index in [1.165, 1.54) is 0 Å². The van der Waals surface area contributed by atoms with E-state index in [4.69, 9.17) is 12.2 Å². The molecular formula is C11H17N5S. The van der Waals surface area contributed by atoms with Gasteiger partial charge in [0.1, 0.15) is 0 Å². The molecule has 1 atom stereocenters. The highest BCUT2D eigenvalue weighted by Crippen LogP contribution is 2.17. The Balaban J connectivity index is 2.07. The summed E-state index contributed by atoms with van der Waals surface area (Å²) in [5.41, 5.74) is 1.13. The molecule has 92 valence electrons. The van der Waals surface area contributed by atoms with Crippen LogP contribution in [0, 0.1) is 12.8 Å². The Morgan fingerprint density at radius 1 is 1.47 bits per heavy atom. The van der Waals surface area contributed by atoms with Crippen LogP contribution >= 0.6 is 12.2 Å². The first kappa shape index (κ1) is 12.2. The van der Waals surface area contributed by atoms with Gasteiger partial charge in [0.2, 0.25) is 5.11 Å². The van der Waals surface area contributed by atoms with Gasteiger partial charge in [-0.1, -0.05) is 13.8 Å². The number of nitrogens with zero attached hydrogens (tertiary/aromatic N) is 5. The van der Waals surface area contributed by atoms with Gasteiger partial charge in [0.25, 0.3) is 0 Å². The first-order valence-electron chi connectivity index (χ1n) is 5.78. The highest BCUT2D eigenvalue weighted by Gasteiger charge is 2.27. The Hall–Kier alpha value is -1.30. The lowest BCUT2D eigenvalue weighted by Crippen LogP contribution is -2.38. The third-order valence-corrected chi connectivity index (χ3v) is 3.03. The summed E-state index contributed by atoms with van der Waals surface area (Å²) in [6, 6.07) is 1.98. The quantitative estimate of drug-likeness (QED) is 0.771. The molecule has 0 aliphatic carbocycles. The van der Waals surface area contributed by atoms with E-state index in [-0.39, 0.29) is 6.17 Å². The predicted molar refractivity (Wildman–Crippen MR) is 69.8 cm³/mol. The van der Waals surface area contributed by atoms with E-state index < -0.39 is 0 Å². The van der Waals surface area contributed by atoms with Crippen molar-refractivity contribution < 1.29 is 0 Å². The molecule has 0 aromatic carbocycles. The van der Waals surface area contributed by atoms with Crippen molar-refractivity contribution >= 4 is 17.3 Å². The number of hydrogen-bond acceptors (Lipinski definition) is 3. The Labute approximate surface area is 107 Å². The number of azo groups is 1. The van der Waals surface area contributed by atoms with Gasteiger partial charge in [0.15, 0.2) is 6.17 Å². The molecule has 17 heavy (non-hydrogen) atoms. The minimum atomic E-state index is -0.0106. The summed E-state index contributed by atoms with van der Waals surface area (Å²) in [4.78, 5) is 2.07. The van der Waals surface area contributed by atoms with E-state index in [0.717, 1.165) is 12.2 Å². The zero-order chi connectivity index (χ0) is 12.4. The molecule has 0 N–H and O–H groups in total. The molecule has 5 nitrogen and oxygen atoms in total. The summed E-state index contributed by atoms with van der Waals surface area (Å²) >= 11 is 5.20. The van der Waals surface area contributed by atoms with Gasteiger partial charge < -0.3 is 4.90 Å². The van der Waals surface area contributed by atoms with Crippen LogP contribution in [0.3, 0.4) is 0 Å². The average molecular weight is 251 g/mol. The maximum Gasteiger partial charge on any atom is 0.217 e. The van der Waals surface area contributed by atoms with Crippen molar-refractivity contribution in [2.24, 2.45) is 16.1 Å². The normalized spacial score (nSPS) is 19.6. The molecule has 0 saturated heterocycles. The van der Waals surface area contributed by atoms with Crippen molar-refractivity contribution in [3.05, 3.63) is 18.0 Å². The molecule has 1 aromatic heterocycles. The summed E-state index contributed by atoms with van der Waals surface area (Å²) in [6.45, 7) is 7.95. The molecule has 0 amide bonds. The number of hydrogen-bond donors (Lipinski definition) is 0. The van der Waals surface area contributed by atoms with Gasteiger partial charge in [-0.15, -0.1) is 5.11 Å². The van der Waals surface area contributed by atoms with E-state index in [2.05, 4.69) is 34.1 Å². The Bertz CT molecular complexity index is 437. The van der Waals surface area contributed by atoms with Gasteiger partial charge in [0, 0.05) is 18.4 Å². The zero-order valence-electron chi connectivity index (χ0n) is 10.4. The zero-order valence-corrected chi connectivity index (χ0v) is 11.2. The maximum atomic E-state index is 5.20. The fourth-order valence-corrected chi connectivity index (χ4v) is 2.08. The van der Waals surface area contributed by atoms with Crippen LogP contribution < -0.4 is 0 Å². The van der Waals surface area contributed by atoms with Crippen LogP contribution in [-0.2, 0) is 6.54 Å². The van der Waals surface area contributed by atoms with Crippen LogP contribution in [0.5, 0.6) is 0 Å². The summed E-state index contributed by atoms with van der Waals surface area (Å²) in [6.07, 6.45) is 1.79. The van der Waals surface area contributed by atoms with Gasteiger partial charge in [-0.05, 0) is 31.1 Å². The molecule has 2 heterocycles. The number of rotatable bonds is 4. The van der Waals surface area contributed by atoms with Crippen molar-refractivity contribution in [3.63, 3.8) is 0 Å². The number of thiocarbonyl (C=S) groups is 1. The summed E-state index contributed by atoms with van der Waals surface area (Å²) in [5.74, 6) is 0.540. The lowest BCUT2D eigenvalue weighted by atomic mass is 10.2. The van der Waals surface area contributed by atoms with Crippen LogP contribution in [0.4, 0.5) is 0 Å². The van der Waals surface area contributed by atoms with Crippen molar-refractivity contribution in [2.75, 3.05) is 6.54 Å². The minimum absolute atomic E-state index is 0.0106. The van der Waals surface area contributed by atoms with E-state index in [1.54, 1.807) is 6.20 Å². The van der Waals surface area contributed by atoms with Crippen molar-refractivity contribution in [1.82, 2.24) is 14.7 Å². The van der Waals surface area contributed by atoms with E-state index in [0.29, 0.717) is 17.6 Å². The van der Waals surface area contributed by atoms with Crippen LogP contribution in [0.2, 0.25) is 0 Å². The molecular weight excluding hydrogens is 234 g/mol. The number of aryl methyl sites for hydroxylation is 1. The second kappa shape index (κ2) is 4.91. The van der Waals surface area contributed by atoms with Gasteiger partial charge in [-0.3, -0.25) is 4.68 Å². The van der Waals surface area contributed by atoms with Gasteiger partial charge in [0.05, 0.1) is 6.54 Å². The highest BCUT2D eigenvalue weighted by molar-refractivity contribution is 7.80. The molecule has 0 fully saturated rings. The minimum Gasteiger partial charge on any atom is -0.320 e. The smallest absolute Gasteiger partial charge is 0.217 e. The van der Waals surface area contributed by atoms with E-state index in [1.807, 2.05) is 17.7 Å². The Kier molecular flexibility index (Phi) is 3.51. The van der Waals surface area contributed by atoms with Crippen LogP contribution in [-0.4, -0.2) is 32.5 Å². The second-order valence-electron chi connectivity index (χ2n) is 4.68. The van der Waals surface area contributed by atoms with Crippen molar-refractivity contribution in [1.29, 1.82) is 0 Å². The Morgan fingerprint density at radius 3 is 2.82 bits per heavy atom. The Morgan fingerprint density at radius 2 is 2.24 bits per heavy atom. The van der Waals surface area contributed by atoms with Crippen LogP contribution in [0.15, 0.2) is 22.5 Å². The monoisotopic (exact) mass is 251 g/mol. The molecule has 0 spiro atoms. The third-order valence-electron chi connectivity index (χ3n) is 2.71. The first-order valence-corrected chi connectivity index (χ1v) is 6.18. The second-order valence-corrected chi connectivity index (χ2v) is 5.04. The van der Waals surface area contributed by atoms with Gasteiger partial charge in [-0.2, -0.15) is 10.2 Å². The molecule has 6 heteroatoms. The first-order chi connectivity index (χ1) is 8.08. The summed E-state index contributed by atoms with van der Waals surface area (Å²) < 4.78 is 1.94. The molecule has 1 aliphatic rings. The summed E-state index contributed by atoms with van der Waals surface area (Å²) in [5, 5.41) is 13.1. The van der Waals surface area contributed by atoms with Crippen molar-refractivity contribution in [3.8, 4) is 0 Å². The average Bonchev–Trinajstić information content (AvgIpc) is 2.79. The van der Waals surface area contributed by atoms with Gasteiger partial charge >= 0.3 is 0 Å². The molecule has 0 saturated carbocycles. The maximum absolute atomic E-state index is 5.20. The van der Waals surface area contributed by atoms with Crippen LogP contribution in [0.1, 0.15) is 19.5 Å². The fourth-order valence-electron chi connectivity index (χ4n) is 1.84. The molecule has 1 unspecified atom stereocenters. The number of aromatic nitrogens is 2. The van der Waals surface area contributed by atoms with E-state index in [9.17, 15) is 0 Å². The molecule has 0 radical (unpaired) electrons. The molecule has 2 rings (SSSR count). The van der Waals surface area contributed by atoms with Crippen molar-refractivity contribution in [2.45, 2.75) is 33.5 Å². The lowest BCUT2D eigenvalue weighted by Gasteiger charge is -2.25. The highest BCUT2D eigenvalue weighted by atomic mass is 32.1. The molecule has 1 aliphatic heterocycles. The molecule has 0 bridgehead atoms. The predicted octanol–water partition coefficient (Wildman–Crippen LogP) is 2.23. The largest absolute Gasteiger partial charge is 0.320 e. The van der Waals surface area contributed by atoms with Crippen LogP contribution in [0.25, 0.3) is 0 Å². The fraction of sp³-hybridized carbons (Fsp3) is 0.636. The van der Waals surface area contributed by atoms with E-state index >= 15 is 0 Å². The summed E-state index contributed by atoms with van der Waals surface area (Å²) in [7, 11) is 0. The SMILES string of the molecule is Cc1ccnn1CC1N=NC(=S)N1CC(C)C. The standard InChI is InChI=1S/C11H17N5S/c1-8(2)6-15-10(13-14-11(15)17)7-16-9(3)4-5-12-16/h4-5,8,10H,6-7H2,1-3H3. The van der Waals surface area contributed by atoms with Gasteiger partial charge in [-0.25, -0.2) is 0 Å². The molecule has 1 aromatic rings. The third kappa shape index (κ3) is 2.69. The topological polar surface area (TPSA) is 45.8 Å².